The van der Waals surface area contributed by atoms with Crippen molar-refractivity contribution in [3.8, 4) is 11.5 Å². The van der Waals surface area contributed by atoms with E-state index in [4.69, 9.17) is 9.47 Å². The van der Waals surface area contributed by atoms with Gasteiger partial charge in [0, 0.05) is 17.2 Å². The van der Waals surface area contributed by atoms with Crippen LogP contribution in [-0.2, 0) is 6.42 Å². The van der Waals surface area contributed by atoms with Gasteiger partial charge in [0.15, 0.2) is 0 Å². The number of rotatable bonds is 6. The summed E-state index contributed by atoms with van der Waals surface area (Å²) in [6, 6.07) is 7.47. The summed E-state index contributed by atoms with van der Waals surface area (Å²) >= 11 is 0. The Labute approximate surface area is 135 Å². The largest absolute Gasteiger partial charge is 0.497 e. The average molecular weight is 318 g/mol. The van der Waals surface area contributed by atoms with Gasteiger partial charge in [-0.25, -0.2) is 8.78 Å². The average Bonchev–Trinajstić information content (AvgIpc) is 2.55. The Morgan fingerprint density at radius 1 is 1.00 bits per heavy atom. The van der Waals surface area contributed by atoms with Crippen molar-refractivity contribution in [3.05, 3.63) is 58.7 Å². The van der Waals surface area contributed by atoms with Crippen LogP contribution in [0.1, 0.15) is 30.0 Å². The van der Waals surface area contributed by atoms with Crippen LogP contribution in [0.15, 0.2) is 30.3 Å². The quantitative estimate of drug-likeness (QED) is 0.690. The molecule has 0 unspecified atom stereocenters. The fourth-order valence-electron chi connectivity index (χ4n) is 2.45. The molecule has 0 radical (unpaired) electrons. The minimum atomic E-state index is -0.590. The summed E-state index contributed by atoms with van der Waals surface area (Å²) in [4.78, 5) is 0. The van der Waals surface area contributed by atoms with E-state index in [2.05, 4.69) is 6.92 Å². The zero-order chi connectivity index (χ0) is 16.8. The normalized spacial score (nSPS) is 11.0. The van der Waals surface area contributed by atoms with Crippen LogP contribution >= 0.6 is 0 Å². The van der Waals surface area contributed by atoms with Gasteiger partial charge >= 0.3 is 0 Å². The second kappa shape index (κ2) is 7.77. The van der Waals surface area contributed by atoms with Crippen molar-refractivity contribution in [2.24, 2.45) is 0 Å². The Hall–Kier alpha value is -2.36. The lowest BCUT2D eigenvalue weighted by molar-refractivity contribution is 0.390. The van der Waals surface area contributed by atoms with Crippen molar-refractivity contribution in [2.75, 3.05) is 14.2 Å². The number of ether oxygens (including phenoxy) is 2. The number of halogens is 2. The fourth-order valence-corrected chi connectivity index (χ4v) is 2.45. The second-order valence-corrected chi connectivity index (χ2v) is 5.12. The maximum Gasteiger partial charge on any atom is 0.133 e. The Morgan fingerprint density at radius 2 is 1.70 bits per heavy atom. The molecule has 2 aromatic rings. The first-order chi connectivity index (χ1) is 11.1. The molecule has 0 aliphatic carbocycles. The highest BCUT2D eigenvalue weighted by Crippen LogP contribution is 2.31. The molecule has 0 aromatic heterocycles. The van der Waals surface area contributed by atoms with Gasteiger partial charge in [-0.05, 0) is 36.3 Å². The Kier molecular flexibility index (Phi) is 5.74. The van der Waals surface area contributed by atoms with Gasteiger partial charge in [0.1, 0.15) is 23.1 Å². The smallest absolute Gasteiger partial charge is 0.133 e. The van der Waals surface area contributed by atoms with Crippen molar-refractivity contribution in [3.63, 3.8) is 0 Å². The molecule has 4 heteroatoms. The summed E-state index contributed by atoms with van der Waals surface area (Å²) in [6.45, 7) is 2.06. The van der Waals surface area contributed by atoms with Crippen molar-refractivity contribution in [1.29, 1.82) is 0 Å². The molecule has 2 rings (SSSR count). The second-order valence-electron chi connectivity index (χ2n) is 5.12. The lowest BCUT2D eigenvalue weighted by Crippen LogP contribution is -1.97. The van der Waals surface area contributed by atoms with Gasteiger partial charge in [-0.15, -0.1) is 0 Å². The molecule has 0 amide bonds. The SMILES string of the molecule is CCCc1c(C=Cc2c(F)cccc2F)cc(OC)cc1OC. The van der Waals surface area contributed by atoms with Crippen LogP contribution in [0.25, 0.3) is 12.2 Å². The van der Waals surface area contributed by atoms with E-state index in [0.717, 1.165) is 24.0 Å². The zero-order valence-electron chi connectivity index (χ0n) is 13.5. The summed E-state index contributed by atoms with van der Waals surface area (Å²) in [7, 11) is 3.16. The third-order valence-electron chi connectivity index (χ3n) is 3.60. The van der Waals surface area contributed by atoms with Crippen LogP contribution in [0.3, 0.4) is 0 Å². The van der Waals surface area contributed by atoms with Crippen LogP contribution in [0, 0.1) is 11.6 Å². The zero-order valence-corrected chi connectivity index (χ0v) is 13.5. The van der Waals surface area contributed by atoms with E-state index < -0.39 is 11.6 Å². The molecule has 0 saturated carbocycles. The van der Waals surface area contributed by atoms with E-state index in [0.29, 0.717) is 11.5 Å². The standard InChI is InChI=1S/C19H20F2O2/c1-4-6-15-13(11-14(22-2)12-19(15)23-3)9-10-16-17(20)7-5-8-18(16)21/h5,7-12H,4,6H2,1-3H3. The van der Waals surface area contributed by atoms with Crippen LogP contribution in [-0.4, -0.2) is 14.2 Å². The minimum Gasteiger partial charge on any atom is -0.497 e. The van der Waals surface area contributed by atoms with Gasteiger partial charge in [-0.1, -0.05) is 25.5 Å². The van der Waals surface area contributed by atoms with Crippen LogP contribution in [0.4, 0.5) is 8.78 Å². The molecule has 0 N–H and O–H groups in total. The number of benzene rings is 2. The molecule has 23 heavy (non-hydrogen) atoms. The summed E-state index contributed by atoms with van der Waals surface area (Å²) in [5.74, 6) is 0.163. The molecule has 0 heterocycles. The molecule has 2 nitrogen and oxygen atoms in total. The summed E-state index contributed by atoms with van der Waals surface area (Å²) in [5, 5.41) is 0. The monoisotopic (exact) mass is 318 g/mol. The number of methoxy groups -OCH3 is 2. The van der Waals surface area contributed by atoms with E-state index in [1.165, 1.54) is 24.3 Å². The maximum atomic E-state index is 13.8. The predicted molar refractivity (Wildman–Crippen MR) is 88.8 cm³/mol. The van der Waals surface area contributed by atoms with Gasteiger partial charge in [0.2, 0.25) is 0 Å². The molecule has 0 bridgehead atoms. The van der Waals surface area contributed by atoms with Gasteiger partial charge < -0.3 is 9.47 Å². The van der Waals surface area contributed by atoms with Crippen molar-refractivity contribution < 1.29 is 18.3 Å². The van der Waals surface area contributed by atoms with Crippen molar-refractivity contribution in [2.45, 2.75) is 19.8 Å². The van der Waals surface area contributed by atoms with E-state index in [1.54, 1.807) is 20.3 Å². The summed E-state index contributed by atoms with van der Waals surface area (Å²) < 4.78 is 38.2. The maximum absolute atomic E-state index is 13.8. The molecule has 2 aromatic carbocycles. The first-order valence-corrected chi connectivity index (χ1v) is 7.47. The lowest BCUT2D eigenvalue weighted by Gasteiger charge is -2.13. The Balaban J connectivity index is 2.51. The number of hydrogen-bond acceptors (Lipinski definition) is 2. The van der Waals surface area contributed by atoms with Crippen LogP contribution in [0.2, 0.25) is 0 Å². The first-order valence-electron chi connectivity index (χ1n) is 7.47. The van der Waals surface area contributed by atoms with E-state index in [-0.39, 0.29) is 5.56 Å². The van der Waals surface area contributed by atoms with Gasteiger partial charge in [-0.3, -0.25) is 0 Å². The third-order valence-corrected chi connectivity index (χ3v) is 3.60. The highest BCUT2D eigenvalue weighted by atomic mass is 19.1. The van der Waals surface area contributed by atoms with E-state index in [9.17, 15) is 8.78 Å². The van der Waals surface area contributed by atoms with E-state index >= 15 is 0 Å². The molecule has 0 saturated heterocycles. The Bertz CT molecular complexity index is 689. The molecule has 0 atom stereocenters. The summed E-state index contributed by atoms with van der Waals surface area (Å²) in [6.07, 6.45) is 4.86. The molecular weight excluding hydrogens is 298 g/mol. The molecule has 0 aliphatic heterocycles. The number of hydrogen-bond donors (Lipinski definition) is 0. The van der Waals surface area contributed by atoms with Gasteiger partial charge in [0.25, 0.3) is 0 Å². The highest BCUT2D eigenvalue weighted by Gasteiger charge is 2.11. The molecule has 0 spiro atoms. The minimum absolute atomic E-state index is 0.0586. The van der Waals surface area contributed by atoms with Crippen LogP contribution in [0.5, 0.6) is 11.5 Å². The summed E-state index contributed by atoms with van der Waals surface area (Å²) in [5.41, 5.74) is 1.76. The molecule has 0 fully saturated rings. The van der Waals surface area contributed by atoms with Gasteiger partial charge in [-0.2, -0.15) is 0 Å². The van der Waals surface area contributed by atoms with Gasteiger partial charge in [0.05, 0.1) is 14.2 Å². The first kappa shape index (κ1) is 17.0. The Morgan fingerprint density at radius 3 is 2.26 bits per heavy atom. The molecule has 122 valence electrons. The topological polar surface area (TPSA) is 18.5 Å². The van der Waals surface area contributed by atoms with E-state index in [1.807, 2.05) is 12.1 Å². The highest BCUT2D eigenvalue weighted by molar-refractivity contribution is 5.74. The fraction of sp³-hybridized carbons (Fsp3) is 0.263. The predicted octanol–water partition coefficient (Wildman–Crippen LogP) is 5.10. The molecule has 0 aliphatic rings. The third kappa shape index (κ3) is 3.89. The lowest BCUT2D eigenvalue weighted by atomic mass is 10.00. The van der Waals surface area contributed by atoms with Crippen molar-refractivity contribution in [1.82, 2.24) is 0 Å². The molecular formula is C19H20F2O2. The van der Waals surface area contributed by atoms with Crippen molar-refractivity contribution >= 4 is 12.2 Å². The van der Waals surface area contributed by atoms with Crippen LogP contribution < -0.4 is 9.47 Å².